The molecule has 1 aliphatic heterocycles. The minimum atomic E-state index is -0.0655. The second kappa shape index (κ2) is 8.53. The second-order valence-corrected chi connectivity index (χ2v) is 8.21. The van der Waals surface area contributed by atoms with Crippen molar-refractivity contribution >= 4 is 40.1 Å². The number of methoxy groups -OCH3 is 1. The van der Waals surface area contributed by atoms with E-state index in [1.165, 1.54) is 32.1 Å². The molecule has 1 aliphatic carbocycles. The normalized spacial score (nSPS) is 22.7. The average Bonchev–Trinajstić information content (AvgIpc) is 2.97. The summed E-state index contributed by atoms with van der Waals surface area (Å²) in [5.41, 5.74) is 0.777. The summed E-state index contributed by atoms with van der Waals surface area (Å²) < 4.78 is 5.22. The predicted molar refractivity (Wildman–Crippen MR) is 109 cm³/mol. The summed E-state index contributed by atoms with van der Waals surface area (Å²) in [6, 6.07) is 5.89. The lowest BCUT2D eigenvalue weighted by molar-refractivity contribution is -0.117. The van der Waals surface area contributed by atoms with Crippen molar-refractivity contribution in [2.24, 2.45) is 4.99 Å². The Hall–Kier alpha value is -1.40. The standard InChI is InChI=1S/C19H26ClN3O2S/c1-13(24)23(15-9-10-17(25-3)16(20)11-15)18-12-26-19(22(18)2)21-14-7-5-4-6-8-14/h9-11,14,18H,4-8,12H2,1-3H3. The average molecular weight is 396 g/mol. The van der Waals surface area contributed by atoms with Crippen LogP contribution in [0.15, 0.2) is 23.2 Å². The number of nitrogens with zero attached hydrogens (tertiary/aromatic N) is 3. The molecule has 3 rings (SSSR count). The molecule has 1 saturated heterocycles. The molecule has 26 heavy (non-hydrogen) atoms. The topological polar surface area (TPSA) is 45.1 Å². The SMILES string of the molecule is COc1ccc(N(C(C)=O)C2CSC(=NC3CCCCC3)N2C)cc1Cl. The van der Waals surface area contributed by atoms with Gasteiger partial charge in [-0.25, -0.2) is 0 Å². The van der Waals surface area contributed by atoms with Gasteiger partial charge >= 0.3 is 0 Å². The number of aliphatic imine (C=N–C) groups is 1. The van der Waals surface area contributed by atoms with Crippen LogP contribution in [0.5, 0.6) is 5.75 Å². The highest BCUT2D eigenvalue weighted by molar-refractivity contribution is 8.14. The van der Waals surface area contributed by atoms with E-state index < -0.39 is 0 Å². The summed E-state index contributed by atoms with van der Waals surface area (Å²) in [5.74, 6) is 1.39. The highest BCUT2D eigenvalue weighted by Gasteiger charge is 2.35. The van der Waals surface area contributed by atoms with Gasteiger partial charge in [0, 0.05) is 25.4 Å². The molecular weight excluding hydrogens is 370 g/mol. The molecule has 1 aromatic rings. The summed E-state index contributed by atoms with van der Waals surface area (Å²) in [4.78, 5) is 21.3. The van der Waals surface area contributed by atoms with E-state index in [1.807, 2.05) is 13.1 Å². The third kappa shape index (κ3) is 4.12. The molecule has 0 spiro atoms. The van der Waals surface area contributed by atoms with Crippen LogP contribution >= 0.6 is 23.4 Å². The molecule has 1 amide bonds. The highest BCUT2D eigenvalue weighted by Crippen LogP contribution is 2.34. The molecule has 0 N–H and O–H groups in total. The second-order valence-electron chi connectivity index (χ2n) is 6.81. The molecule has 1 heterocycles. The Morgan fingerprint density at radius 2 is 2.08 bits per heavy atom. The molecular formula is C19H26ClN3O2S. The number of benzene rings is 1. The van der Waals surface area contributed by atoms with E-state index in [9.17, 15) is 4.79 Å². The number of amidine groups is 1. The van der Waals surface area contributed by atoms with Gasteiger partial charge in [-0.3, -0.25) is 14.7 Å². The van der Waals surface area contributed by atoms with Gasteiger partial charge in [0.2, 0.25) is 5.91 Å². The van der Waals surface area contributed by atoms with Gasteiger partial charge in [0.15, 0.2) is 5.17 Å². The number of carbonyl (C=O) groups excluding carboxylic acids is 1. The first-order valence-corrected chi connectivity index (χ1v) is 10.4. The van der Waals surface area contributed by atoms with Crippen molar-refractivity contribution in [3.63, 3.8) is 0 Å². The number of anilines is 1. The molecule has 0 aromatic heterocycles. The summed E-state index contributed by atoms with van der Waals surface area (Å²) in [6.45, 7) is 1.59. The predicted octanol–water partition coefficient (Wildman–Crippen LogP) is 4.39. The fourth-order valence-corrected chi connectivity index (χ4v) is 5.07. The van der Waals surface area contributed by atoms with Crippen LogP contribution in [0, 0.1) is 0 Å². The summed E-state index contributed by atoms with van der Waals surface area (Å²) >= 11 is 8.00. The van der Waals surface area contributed by atoms with Crippen molar-refractivity contribution < 1.29 is 9.53 Å². The maximum Gasteiger partial charge on any atom is 0.225 e. The molecule has 7 heteroatoms. The summed E-state index contributed by atoms with van der Waals surface area (Å²) in [6.07, 6.45) is 6.14. The van der Waals surface area contributed by atoms with E-state index in [4.69, 9.17) is 21.3 Å². The molecule has 1 aromatic carbocycles. The molecule has 2 aliphatic rings. The van der Waals surface area contributed by atoms with Crippen molar-refractivity contribution in [3.8, 4) is 5.75 Å². The van der Waals surface area contributed by atoms with Gasteiger partial charge in [-0.2, -0.15) is 0 Å². The molecule has 1 unspecified atom stereocenters. The zero-order valence-electron chi connectivity index (χ0n) is 15.6. The van der Waals surface area contributed by atoms with Crippen molar-refractivity contribution in [1.29, 1.82) is 0 Å². The van der Waals surface area contributed by atoms with Gasteiger partial charge in [0.1, 0.15) is 11.9 Å². The van der Waals surface area contributed by atoms with Crippen LogP contribution in [0.1, 0.15) is 39.0 Å². The van der Waals surface area contributed by atoms with Gasteiger partial charge < -0.3 is 9.64 Å². The van der Waals surface area contributed by atoms with E-state index in [-0.39, 0.29) is 12.1 Å². The lowest BCUT2D eigenvalue weighted by atomic mass is 9.96. The Bertz CT molecular complexity index is 691. The Balaban J connectivity index is 1.81. The van der Waals surface area contributed by atoms with E-state index >= 15 is 0 Å². The molecule has 0 radical (unpaired) electrons. The van der Waals surface area contributed by atoms with Crippen LogP contribution in [0.3, 0.4) is 0 Å². The lowest BCUT2D eigenvalue weighted by Crippen LogP contribution is -2.48. The molecule has 2 fully saturated rings. The van der Waals surface area contributed by atoms with Crippen LogP contribution < -0.4 is 9.64 Å². The Kier molecular flexibility index (Phi) is 6.35. The quantitative estimate of drug-likeness (QED) is 0.758. The number of rotatable bonds is 4. The Labute approximate surface area is 164 Å². The monoisotopic (exact) mass is 395 g/mol. The fourth-order valence-electron chi connectivity index (χ4n) is 3.60. The molecule has 5 nitrogen and oxygen atoms in total. The van der Waals surface area contributed by atoms with Gasteiger partial charge in [-0.1, -0.05) is 42.6 Å². The van der Waals surface area contributed by atoms with Gasteiger partial charge in [0.25, 0.3) is 0 Å². The number of ether oxygens (including phenoxy) is 1. The maximum atomic E-state index is 12.4. The number of thioether (sulfide) groups is 1. The van der Waals surface area contributed by atoms with E-state index in [1.54, 1.807) is 42.8 Å². The molecule has 1 saturated carbocycles. The lowest BCUT2D eigenvalue weighted by Gasteiger charge is -2.33. The first kappa shape index (κ1) is 19.4. The number of hydrogen-bond donors (Lipinski definition) is 0. The summed E-state index contributed by atoms with van der Waals surface area (Å²) in [7, 11) is 3.60. The maximum absolute atomic E-state index is 12.4. The zero-order chi connectivity index (χ0) is 18.7. The Morgan fingerprint density at radius 1 is 1.35 bits per heavy atom. The number of halogens is 1. The van der Waals surface area contributed by atoms with E-state index in [0.717, 1.165) is 16.6 Å². The minimum Gasteiger partial charge on any atom is -0.495 e. The number of amides is 1. The van der Waals surface area contributed by atoms with Crippen LogP contribution in [0.4, 0.5) is 5.69 Å². The summed E-state index contributed by atoms with van der Waals surface area (Å²) in [5, 5.41) is 1.54. The number of hydrogen-bond acceptors (Lipinski definition) is 4. The molecule has 1 atom stereocenters. The van der Waals surface area contributed by atoms with E-state index in [0.29, 0.717) is 16.8 Å². The fraction of sp³-hybridized carbons (Fsp3) is 0.579. The molecule has 142 valence electrons. The van der Waals surface area contributed by atoms with Gasteiger partial charge in [0.05, 0.1) is 18.2 Å². The van der Waals surface area contributed by atoms with Crippen molar-refractivity contribution in [2.75, 3.05) is 24.8 Å². The van der Waals surface area contributed by atoms with Gasteiger partial charge in [-0.05, 0) is 31.0 Å². The minimum absolute atomic E-state index is 0.0115. The zero-order valence-corrected chi connectivity index (χ0v) is 17.1. The first-order chi connectivity index (χ1) is 12.5. The van der Waals surface area contributed by atoms with Crippen LogP contribution in [-0.4, -0.2) is 48.1 Å². The number of carbonyl (C=O) groups is 1. The smallest absolute Gasteiger partial charge is 0.225 e. The van der Waals surface area contributed by atoms with Crippen LogP contribution in [0.2, 0.25) is 5.02 Å². The van der Waals surface area contributed by atoms with Crippen molar-refractivity contribution in [1.82, 2.24) is 4.90 Å². The third-order valence-corrected chi connectivity index (χ3v) is 6.44. The molecule has 0 bridgehead atoms. The Morgan fingerprint density at radius 3 is 2.69 bits per heavy atom. The first-order valence-electron chi connectivity index (χ1n) is 9.08. The third-order valence-electron chi connectivity index (χ3n) is 5.03. The largest absolute Gasteiger partial charge is 0.495 e. The van der Waals surface area contributed by atoms with Crippen LogP contribution in [-0.2, 0) is 4.79 Å². The van der Waals surface area contributed by atoms with Crippen molar-refractivity contribution in [2.45, 2.75) is 51.2 Å². The van der Waals surface area contributed by atoms with E-state index in [2.05, 4.69) is 4.90 Å². The van der Waals surface area contributed by atoms with Crippen LogP contribution in [0.25, 0.3) is 0 Å². The highest BCUT2D eigenvalue weighted by atomic mass is 35.5. The van der Waals surface area contributed by atoms with Crippen molar-refractivity contribution in [3.05, 3.63) is 23.2 Å². The van der Waals surface area contributed by atoms with Gasteiger partial charge in [-0.15, -0.1) is 0 Å².